The number of hydrogen-bond donors (Lipinski definition) is 0. The average molecular weight is 347 g/mol. The molecular weight excluding hydrogens is 334 g/mol. The number of Topliss-reactive ketones (excluding diaryl/α,β-unsaturated/α-hetero) is 1. The first-order chi connectivity index (χ1) is 12.7. The van der Waals surface area contributed by atoms with Crippen LogP contribution in [0.1, 0.15) is 18.2 Å². The van der Waals surface area contributed by atoms with E-state index in [0.717, 1.165) is 0 Å². The zero-order chi connectivity index (χ0) is 18.1. The first kappa shape index (κ1) is 15.8. The third kappa shape index (κ3) is 2.67. The normalized spacial score (nSPS) is 12.3. The summed E-state index contributed by atoms with van der Waals surface area (Å²) in [7, 11) is 0. The van der Waals surface area contributed by atoms with Gasteiger partial charge in [0.2, 0.25) is 5.89 Å². The zero-order valence-corrected chi connectivity index (χ0v) is 13.6. The number of carbonyl (C=O) groups is 1. The molecule has 0 fully saturated rings. The van der Waals surface area contributed by atoms with Crippen molar-refractivity contribution in [2.75, 3.05) is 0 Å². The van der Waals surface area contributed by atoms with Gasteiger partial charge in [0.25, 0.3) is 0 Å². The molecule has 1 atom stereocenters. The van der Waals surface area contributed by atoms with E-state index >= 15 is 0 Å². The van der Waals surface area contributed by atoms with Crippen molar-refractivity contribution in [3.05, 3.63) is 65.0 Å². The summed E-state index contributed by atoms with van der Waals surface area (Å²) in [5, 5.41) is 9.40. The van der Waals surface area contributed by atoms with Gasteiger partial charge < -0.3 is 8.83 Å². The molecule has 0 aliphatic rings. The van der Waals surface area contributed by atoms with E-state index in [2.05, 4.69) is 4.98 Å². The minimum atomic E-state index is -1.11. The molecule has 0 radical (unpaired) electrons. The highest BCUT2D eigenvalue weighted by Gasteiger charge is 2.26. The van der Waals surface area contributed by atoms with Gasteiger partial charge in [0.1, 0.15) is 5.52 Å². The fraction of sp³-hybridized carbons (Fsp3) is 0.158. The van der Waals surface area contributed by atoms with Gasteiger partial charge in [-0.25, -0.2) is 9.78 Å². The van der Waals surface area contributed by atoms with Gasteiger partial charge >= 0.3 is 5.76 Å². The number of fused-ring (bicyclic) bond motifs is 2. The molecule has 0 bridgehead atoms. The number of hydrogen-bond acceptors (Lipinski definition) is 6. The molecule has 0 amide bonds. The Morgan fingerprint density at radius 2 is 1.85 bits per heavy atom. The number of carbonyl (C=O) groups excluding carboxylic acids is 1. The van der Waals surface area contributed by atoms with Crippen LogP contribution in [0.15, 0.2) is 62.2 Å². The molecule has 0 saturated carbocycles. The van der Waals surface area contributed by atoms with Gasteiger partial charge in [-0.1, -0.05) is 24.3 Å². The Morgan fingerprint density at radius 3 is 2.62 bits per heavy atom. The van der Waals surface area contributed by atoms with Crippen LogP contribution >= 0.6 is 0 Å². The quantitative estimate of drug-likeness (QED) is 0.550. The van der Waals surface area contributed by atoms with Crippen molar-refractivity contribution in [2.24, 2.45) is 0 Å². The van der Waals surface area contributed by atoms with Crippen molar-refractivity contribution >= 4 is 28.0 Å². The molecular formula is C19H13N3O4. The lowest BCUT2D eigenvalue weighted by atomic mass is 10.0. The van der Waals surface area contributed by atoms with Gasteiger partial charge in [0.15, 0.2) is 22.9 Å². The number of nitrogens with zero attached hydrogens (tertiary/aromatic N) is 3. The molecule has 0 aliphatic heterocycles. The molecule has 0 unspecified atom stereocenters. The maximum atomic E-state index is 12.5. The maximum Gasteiger partial charge on any atom is 0.419 e. The molecule has 0 saturated heterocycles. The summed E-state index contributed by atoms with van der Waals surface area (Å²) in [6, 6.07) is 16.0. The van der Waals surface area contributed by atoms with Crippen LogP contribution in [-0.2, 0) is 11.3 Å². The third-order valence-electron chi connectivity index (χ3n) is 4.16. The number of oxazole rings is 2. The van der Waals surface area contributed by atoms with Crippen LogP contribution in [0, 0.1) is 11.3 Å². The molecule has 7 nitrogen and oxygen atoms in total. The number of nitriles is 1. The molecule has 26 heavy (non-hydrogen) atoms. The zero-order valence-electron chi connectivity index (χ0n) is 13.6. The SMILES string of the molecule is N#C[C@H](C(=O)CCn1c(=O)oc2ccccc21)c1nc2ccccc2o1. The number of rotatable bonds is 5. The van der Waals surface area contributed by atoms with Crippen LogP contribution < -0.4 is 5.76 Å². The standard InChI is InChI=1S/C19H13N3O4/c20-11-12(18-21-13-5-1-3-7-16(13)25-18)15(23)9-10-22-14-6-2-4-8-17(14)26-19(22)24/h1-8,12H,9-10H2/t12-/m1/s1. The summed E-state index contributed by atoms with van der Waals surface area (Å²) in [6.45, 7) is 0.118. The number of benzene rings is 2. The average Bonchev–Trinajstić information content (AvgIpc) is 3.20. The van der Waals surface area contributed by atoms with E-state index in [-0.39, 0.29) is 24.6 Å². The maximum absolute atomic E-state index is 12.5. The second-order valence-electron chi connectivity index (χ2n) is 5.79. The second-order valence-corrected chi connectivity index (χ2v) is 5.79. The Hall–Kier alpha value is -3.66. The minimum Gasteiger partial charge on any atom is -0.439 e. The summed E-state index contributed by atoms with van der Waals surface area (Å²) in [5.74, 6) is -1.94. The van der Waals surface area contributed by atoms with Crippen LogP contribution in [0.4, 0.5) is 0 Å². The molecule has 2 aromatic heterocycles. The molecule has 2 aromatic carbocycles. The number of ketones is 1. The van der Waals surface area contributed by atoms with E-state index < -0.39 is 11.7 Å². The minimum absolute atomic E-state index is 0.0135. The Kier molecular flexibility index (Phi) is 3.86. The summed E-state index contributed by atoms with van der Waals surface area (Å²) in [6.07, 6.45) is -0.0135. The van der Waals surface area contributed by atoms with Crippen LogP contribution in [0.2, 0.25) is 0 Å². The van der Waals surface area contributed by atoms with E-state index in [1.165, 1.54) is 4.57 Å². The van der Waals surface area contributed by atoms with Gasteiger partial charge in [-0.2, -0.15) is 5.26 Å². The van der Waals surface area contributed by atoms with Crippen LogP contribution in [0.25, 0.3) is 22.2 Å². The molecule has 128 valence electrons. The van der Waals surface area contributed by atoms with Crippen molar-refractivity contribution in [1.82, 2.24) is 9.55 Å². The smallest absolute Gasteiger partial charge is 0.419 e. The summed E-state index contributed by atoms with van der Waals surface area (Å²) < 4.78 is 12.1. The lowest BCUT2D eigenvalue weighted by Crippen LogP contribution is -2.19. The van der Waals surface area contributed by atoms with Gasteiger partial charge in [-0.15, -0.1) is 0 Å². The van der Waals surface area contributed by atoms with Crippen molar-refractivity contribution in [1.29, 1.82) is 5.26 Å². The second kappa shape index (κ2) is 6.33. The van der Waals surface area contributed by atoms with Crippen molar-refractivity contribution in [3.8, 4) is 6.07 Å². The Balaban J connectivity index is 1.57. The molecule has 2 heterocycles. The number of aryl methyl sites for hydroxylation is 1. The first-order valence-corrected chi connectivity index (χ1v) is 8.03. The highest BCUT2D eigenvalue weighted by Crippen LogP contribution is 2.23. The monoisotopic (exact) mass is 347 g/mol. The third-order valence-corrected chi connectivity index (χ3v) is 4.16. The summed E-state index contributed by atoms with van der Waals surface area (Å²) in [4.78, 5) is 28.7. The Bertz CT molecular complexity index is 1180. The highest BCUT2D eigenvalue weighted by molar-refractivity contribution is 5.88. The lowest BCUT2D eigenvalue weighted by Gasteiger charge is -2.05. The number of para-hydroxylation sites is 4. The van der Waals surface area contributed by atoms with Gasteiger partial charge in [0, 0.05) is 13.0 Å². The topological polar surface area (TPSA) is 102 Å². The van der Waals surface area contributed by atoms with Crippen LogP contribution in [0.5, 0.6) is 0 Å². The predicted octanol–water partition coefficient (Wildman–Crippen LogP) is 3.00. The first-order valence-electron chi connectivity index (χ1n) is 8.03. The van der Waals surface area contributed by atoms with Crippen LogP contribution in [0.3, 0.4) is 0 Å². The van der Waals surface area contributed by atoms with Crippen LogP contribution in [-0.4, -0.2) is 15.3 Å². The van der Waals surface area contributed by atoms with E-state index in [9.17, 15) is 14.9 Å². The fourth-order valence-corrected chi connectivity index (χ4v) is 2.87. The summed E-state index contributed by atoms with van der Waals surface area (Å²) >= 11 is 0. The molecule has 0 N–H and O–H groups in total. The lowest BCUT2D eigenvalue weighted by molar-refractivity contribution is -0.119. The van der Waals surface area contributed by atoms with Gasteiger partial charge in [-0.3, -0.25) is 9.36 Å². The van der Waals surface area contributed by atoms with E-state index in [1.54, 1.807) is 48.5 Å². The van der Waals surface area contributed by atoms with Crippen molar-refractivity contribution in [2.45, 2.75) is 18.9 Å². The summed E-state index contributed by atoms with van der Waals surface area (Å²) in [5.41, 5.74) is 2.18. The highest BCUT2D eigenvalue weighted by atomic mass is 16.4. The van der Waals surface area contributed by atoms with Gasteiger partial charge in [-0.05, 0) is 24.3 Å². The van der Waals surface area contributed by atoms with E-state index in [1.807, 2.05) is 6.07 Å². The number of aromatic nitrogens is 2. The molecule has 0 aliphatic carbocycles. The van der Waals surface area contributed by atoms with Crippen molar-refractivity contribution in [3.63, 3.8) is 0 Å². The largest absolute Gasteiger partial charge is 0.439 e. The Morgan fingerprint density at radius 1 is 1.12 bits per heavy atom. The molecule has 4 aromatic rings. The van der Waals surface area contributed by atoms with Gasteiger partial charge in [0.05, 0.1) is 11.6 Å². The fourth-order valence-electron chi connectivity index (χ4n) is 2.87. The Labute approximate surface area is 147 Å². The molecule has 7 heteroatoms. The predicted molar refractivity (Wildman–Crippen MR) is 92.5 cm³/mol. The van der Waals surface area contributed by atoms with E-state index in [0.29, 0.717) is 22.2 Å². The van der Waals surface area contributed by atoms with E-state index in [4.69, 9.17) is 8.83 Å². The van der Waals surface area contributed by atoms with Crippen molar-refractivity contribution < 1.29 is 13.6 Å². The molecule has 4 rings (SSSR count). The molecule has 0 spiro atoms.